The summed E-state index contributed by atoms with van der Waals surface area (Å²) in [5, 5.41) is 3.22. The summed E-state index contributed by atoms with van der Waals surface area (Å²) in [7, 11) is 3.20. The van der Waals surface area contributed by atoms with E-state index < -0.39 is 6.04 Å². The van der Waals surface area contributed by atoms with E-state index in [-0.39, 0.29) is 24.4 Å². The number of amides is 2. The van der Waals surface area contributed by atoms with Gasteiger partial charge in [-0.3, -0.25) is 9.59 Å². The molecule has 1 heterocycles. The van der Waals surface area contributed by atoms with Crippen LogP contribution in [0.2, 0.25) is 0 Å². The first-order valence-electron chi connectivity index (χ1n) is 10.9. The number of carbonyl (C=O) groups excluding carboxylic acids is 2. The number of benzene rings is 2. The van der Waals surface area contributed by atoms with Crippen molar-refractivity contribution in [3.63, 3.8) is 0 Å². The molecule has 6 nitrogen and oxygen atoms in total. The second-order valence-corrected chi connectivity index (χ2v) is 8.57. The van der Waals surface area contributed by atoms with Gasteiger partial charge in [-0.1, -0.05) is 25.1 Å². The predicted molar refractivity (Wildman–Crippen MR) is 118 cm³/mol. The molecule has 0 spiro atoms. The van der Waals surface area contributed by atoms with Gasteiger partial charge in [0.15, 0.2) is 0 Å². The van der Waals surface area contributed by atoms with Crippen LogP contribution in [0, 0.1) is 5.92 Å². The summed E-state index contributed by atoms with van der Waals surface area (Å²) in [6.45, 7) is 2.51. The van der Waals surface area contributed by atoms with Crippen molar-refractivity contribution in [3.8, 4) is 11.5 Å². The van der Waals surface area contributed by atoms with E-state index in [4.69, 9.17) is 9.47 Å². The third-order valence-electron chi connectivity index (χ3n) is 6.50. The predicted octanol–water partition coefficient (Wildman–Crippen LogP) is 4.10. The van der Waals surface area contributed by atoms with Crippen LogP contribution >= 0.6 is 0 Å². The van der Waals surface area contributed by atoms with Crippen LogP contribution in [0.5, 0.6) is 11.5 Å². The quantitative estimate of drug-likeness (QED) is 0.761. The number of carbonyl (C=O) groups is 2. The number of rotatable bonds is 6. The molecule has 2 aromatic rings. The topological polar surface area (TPSA) is 67.9 Å². The summed E-state index contributed by atoms with van der Waals surface area (Å²) in [6.07, 6.45) is 4.21. The van der Waals surface area contributed by atoms with Crippen LogP contribution in [-0.2, 0) is 11.3 Å². The molecule has 0 radical (unpaired) electrons. The van der Waals surface area contributed by atoms with Crippen LogP contribution in [0.3, 0.4) is 0 Å². The molecule has 1 atom stereocenters. The average molecular weight is 423 g/mol. The van der Waals surface area contributed by atoms with Crippen molar-refractivity contribution in [1.82, 2.24) is 10.2 Å². The van der Waals surface area contributed by atoms with Crippen LogP contribution in [0.1, 0.15) is 60.1 Å². The number of hydrogen-bond acceptors (Lipinski definition) is 4. The van der Waals surface area contributed by atoms with Crippen molar-refractivity contribution >= 4 is 11.8 Å². The first kappa shape index (κ1) is 21.2. The molecule has 1 saturated carbocycles. The van der Waals surface area contributed by atoms with Crippen molar-refractivity contribution in [2.24, 2.45) is 5.92 Å². The molecule has 0 aromatic heterocycles. The smallest absolute Gasteiger partial charge is 0.255 e. The van der Waals surface area contributed by atoms with Gasteiger partial charge in [0.05, 0.1) is 20.8 Å². The van der Waals surface area contributed by atoms with Crippen molar-refractivity contribution in [2.45, 2.75) is 51.2 Å². The number of ether oxygens (including phenoxy) is 2. The second kappa shape index (κ2) is 9.00. The van der Waals surface area contributed by atoms with E-state index in [1.165, 1.54) is 0 Å². The highest BCUT2D eigenvalue weighted by atomic mass is 16.5. The molecule has 4 rings (SSSR count). The fourth-order valence-corrected chi connectivity index (χ4v) is 4.69. The van der Waals surface area contributed by atoms with Crippen LogP contribution in [0.25, 0.3) is 0 Å². The number of fused-ring (bicyclic) bond motifs is 1. The summed E-state index contributed by atoms with van der Waals surface area (Å²) in [5.41, 5.74) is 2.14. The van der Waals surface area contributed by atoms with E-state index in [2.05, 4.69) is 12.2 Å². The Morgan fingerprint density at radius 1 is 1.06 bits per heavy atom. The van der Waals surface area contributed by atoms with E-state index in [1.807, 2.05) is 36.4 Å². The lowest BCUT2D eigenvalue weighted by Gasteiger charge is -2.30. The largest absolute Gasteiger partial charge is 0.497 e. The second-order valence-electron chi connectivity index (χ2n) is 8.57. The van der Waals surface area contributed by atoms with Gasteiger partial charge in [-0.15, -0.1) is 0 Å². The lowest BCUT2D eigenvalue weighted by atomic mass is 9.87. The Labute approximate surface area is 183 Å². The summed E-state index contributed by atoms with van der Waals surface area (Å²) in [4.78, 5) is 28.3. The van der Waals surface area contributed by atoms with Gasteiger partial charge >= 0.3 is 0 Å². The lowest BCUT2D eigenvalue weighted by Crippen LogP contribution is -2.44. The molecule has 0 saturated heterocycles. The zero-order valence-electron chi connectivity index (χ0n) is 18.4. The molecule has 1 aliphatic carbocycles. The van der Waals surface area contributed by atoms with E-state index in [0.29, 0.717) is 23.0 Å². The summed E-state index contributed by atoms with van der Waals surface area (Å²) < 4.78 is 10.9. The molecule has 2 aliphatic rings. The minimum absolute atomic E-state index is 0.111. The minimum Gasteiger partial charge on any atom is -0.497 e. The monoisotopic (exact) mass is 422 g/mol. The lowest BCUT2D eigenvalue weighted by molar-refractivity contribution is -0.126. The molecule has 0 bridgehead atoms. The van der Waals surface area contributed by atoms with Crippen molar-refractivity contribution in [2.75, 3.05) is 14.2 Å². The van der Waals surface area contributed by atoms with Crippen LogP contribution in [0.15, 0.2) is 42.5 Å². The van der Waals surface area contributed by atoms with Crippen molar-refractivity contribution in [3.05, 3.63) is 59.2 Å². The third kappa shape index (κ3) is 4.24. The summed E-state index contributed by atoms with van der Waals surface area (Å²) in [5.74, 6) is 1.79. The molecule has 1 N–H and O–H groups in total. The molecule has 31 heavy (non-hydrogen) atoms. The molecular formula is C25H30N2O4. The highest BCUT2D eigenvalue weighted by molar-refractivity contribution is 6.04. The van der Waals surface area contributed by atoms with Gasteiger partial charge in [-0.25, -0.2) is 0 Å². The number of nitrogens with one attached hydrogen (secondary N) is 1. The maximum absolute atomic E-state index is 13.4. The van der Waals surface area contributed by atoms with E-state index in [0.717, 1.165) is 36.8 Å². The van der Waals surface area contributed by atoms with Crippen LogP contribution in [-0.4, -0.2) is 37.0 Å². The first-order valence-corrected chi connectivity index (χ1v) is 10.9. The van der Waals surface area contributed by atoms with Gasteiger partial charge < -0.3 is 19.7 Å². The van der Waals surface area contributed by atoms with Gasteiger partial charge in [0.1, 0.15) is 17.5 Å². The highest BCUT2D eigenvalue weighted by Gasteiger charge is 2.41. The van der Waals surface area contributed by atoms with Gasteiger partial charge in [0.25, 0.3) is 5.91 Å². The average Bonchev–Trinajstić information content (AvgIpc) is 3.07. The Balaban J connectivity index is 1.63. The Morgan fingerprint density at radius 3 is 2.52 bits per heavy atom. The van der Waals surface area contributed by atoms with E-state index >= 15 is 0 Å². The highest BCUT2D eigenvalue weighted by Crippen LogP contribution is 2.37. The molecule has 164 valence electrons. The molecule has 0 unspecified atom stereocenters. The molecule has 1 aliphatic heterocycles. The Morgan fingerprint density at radius 2 is 1.81 bits per heavy atom. The Hall–Kier alpha value is -3.02. The SMILES string of the molecule is COc1ccc(OC)c(CN2C(=O)c3ccccc3[C@@H]2C(=O)NC2CCC(C)CC2)c1. The fraction of sp³-hybridized carbons (Fsp3) is 0.440. The Bertz CT molecular complexity index is 966. The number of methoxy groups -OCH3 is 2. The first-order chi connectivity index (χ1) is 15.0. The normalized spacial score (nSPS) is 22.7. The molecular weight excluding hydrogens is 392 g/mol. The maximum Gasteiger partial charge on any atom is 0.255 e. The number of nitrogens with zero attached hydrogens (tertiary/aromatic N) is 1. The Kier molecular flexibility index (Phi) is 6.16. The van der Waals surface area contributed by atoms with Gasteiger partial charge in [-0.05, 0) is 61.4 Å². The van der Waals surface area contributed by atoms with Crippen LogP contribution in [0.4, 0.5) is 0 Å². The van der Waals surface area contributed by atoms with Gasteiger partial charge in [0.2, 0.25) is 5.91 Å². The standard InChI is InChI=1S/C25H30N2O4/c1-16-8-10-18(11-9-16)26-24(28)23-20-6-4-5-7-21(20)25(29)27(23)15-17-14-19(30-2)12-13-22(17)31-3/h4-7,12-14,16,18,23H,8-11,15H2,1-3H3,(H,26,28)/t16?,18?,23-/m1/s1. The van der Waals surface area contributed by atoms with Crippen LogP contribution < -0.4 is 14.8 Å². The van der Waals surface area contributed by atoms with Gasteiger partial charge in [-0.2, -0.15) is 0 Å². The fourth-order valence-electron chi connectivity index (χ4n) is 4.69. The summed E-state index contributed by atoms with van der Waals surface area (Å²) in [6, 6.07) is 12.4. The molecule has 1 fully saturated rings. The zero-order valence-corrected chi connectivity index (χ0v) is 18.4. The van der Waals surface area contributed by atoms with Crippen molar-refractivity contribution < 1.29 is 19.1 Å². The number of hydrogen-bond donors (Lipinski definition) is 1. The molecule has 6 heteroatoms. The summed E-state index contributed by atoms with van der Waals surface area (Å²) >= 11 is 0. The molecule has 2 aromatic carbocycles. The van der Waals surface area contributed by atoms with E-state index in [9.17, 15) is 9.59 Å². The van der Waals surface area contributed by atoms with E-state index in [1.54, 1.807) is 25.2 Å². The third-order valence-corrected chi connectivity index (χ3v) is 6.50. The minimum atomic E-state index is -0.654. The van der Waals surface area contributed by atoms with Gasteiger partial charge in [0, 0.05) is 17.2 Å². The maximum atomic E-state index is 13.4. The zero-order chi connectivity index (χ0) is 22.0. The molecule has 2 amide bonds. The van der Waals surface area contributed by atoms with Crippen molar-refractivity contribution in [1.29, 1.82) is 0 Å².